The van der Waals surface area contributed by atoms with Crippen molar-refractivity contribution >= 4 is 28.8 Å². The predicted molar refractivity (Wildman–Crippen MR) is 117 cm³/mol. The smallest absolute Gasteiger partial charge is 0.416 e. The lowest BCUT2D eigenvalue weighted by Gasteiger charge is -2.35. The Hall–Kier alpha value is -2.82. The molecule has 4 rings (SSSR count). The highest BCUT2D eigenvalue weighted by molar-refractivity contribution is 7.80. The minimum absolute atomic E-state index is 0.0154. The van der Waals surface area contributed by atoms with Gasteiger partial charge in [-0.1, -0.05) is 18.2 Å². The largest absolute Gasteiger partial charge is 0.497 e. The van der Waals surface area contributed by atoms with Gasteiger partial charge in [-0.2, -0.15) is 13.2 Å². The topological polar surface area (TPSA) is 55.0 Å². The quantitative estimate of drug-likeness (QED) is 0.632. The Balaban J connectivity index is 1.32. The summed E-state index contributed by atoms with van der Waals surface area (Å²) in [6, 6.07) is 12.5. The van der Waals surface area contributed by atoms with E-state index in [2.05, 4.69) is 16.9 Å². The van der Waals surface area contributed by atoms with Gasteiger partial charge in [0.15, 0.2) is 0 Å². The number of nitrogens with zero attached hydrogens (tertiary/aromatic N) is 1. The summed E-state index contributed by atoms with van der Waals surface area (Å²) in [5, 5.41) is 4.36. The lowest BCUT2D eigenvalue weighted by molar-refractivity contribution is -0.142. The first-order chi connectivity index (χ1) is 15.3. The third kappa shape index (κ3) is 5.14. The number of piperidine rings is 1. The van der Waals surface area contributed by atoms with E-state index in [0.717, 1.165) is 29.1 Å². The minimum atomic E-state index is -4.42. The number of methoxy groups -OCH3 is 1. The molecular weight excluding hydrogens is 443 g/mol. The molecule has 10 heteroatoms. The summed E-state index contributed by atoms with van der Waals surface area (Å²) in [4.78, 5) is 11.5. The van der Waals surface area contributed by atoms with Crippen LogP contribution in [0.4, 0.5) is 18.9 Å². The average Bonchev–Trinajstić information content (AvgIpc) is 3.19. The molecule has 0 unspecified atom stereocenters. The number of rotatable bonds is 4. The molecule has 0 aromatic heterocycles. The van der Waals surface area contributed by atoms with E-state index in [9.17, 15) is 13.2 Å². The monoisotopic (exact) mass is 465 g/mol. The van der Waals surface area contributed by atoms with Gasteiger partial charge in [0.2, 0.25) is 0 Å². The maximum absolute atomic E-state index is 12.9. The molecule has 1 saturated heterocycles. The molecule has 1 fully saturated rings. The Morgan fingerprint density at radius 1 is 1.16 bits per heavy atom. The Labute approximate surface area is 188 Å². The number of alkyl halides is 3. The number of ether oxygens (including phenoxy) is 1. The van der Waals surface area contributed by atoms with Crippen LogP contribution < -0.4 is 15.5 Å². The second kappa shape index (κ2) is 8.97. The van der Waals surface area contributed by atoms with Crippen LogP contribution >= 0.6 is 12.2 Å². The minimum Gasteiger partial charge on any atom is -0.497 e. The summed E-state index contributed by atoms with van der Waals surface area (Å²) in [7, 11) is 1.62. The lowest BCUT2D eigenvalue weighted by Crippen LogP contribution is -2.45. The van der Waals surface area contributed by atoms with Crippen LogP contribution in [-0.2, 0) is 15.9 Å². The van der Waals surface area contributed by atoms with Crippen molar-refractivity contribution in [2.75, 3.05) is 25.5 Å². The highest BCUT2D eigenvalue weighted by Crippen LogP contribution is 2.35. The number of hydroxylamine groups is 3. The van der Waals surface area contributed by atoms with Crippen molar-refractivity contribution in [2.45, 2.75) is 24.6 Å². The number of thiocarbonyl (C=S) groups is 1. The van der Waals surface area contributed by atoms with Gasteiger partial charge >= 0.3 is 6.18 Å². The SMILES string of the molecule is COc1cccc(C2=CC3(CCN(OC(=S)Nc4cccc(C(F)(F)F)c4)CC3)ON2)c1. The number of anilines is 1. The Morgan fingerprint density at radius 3 is 2.62 bits per heavy atom. The fraction of sp³-hybridized carbons (Fsp3) is 0.318. The van der Waals surface area contributed by atoms with Crippen molar-refractivity contribution in [3.63, 3.8) is 0 Å². The molecule has 1 spiro atoms. The van der Waals surface area contributed by atoms with Crippen LogP contribution in [-0.4, -0.2) is 36.0 Å². The molecule has 0 saturated carbocycles. The van der Waals surface area contributed by atoms with E-state index in [1.165, 1.54) is 12.1 Å². The standard InChI is InChI=1S/C22H22F3N3O3S/c1-29-18-7-2-4-15(12-18)19-14-21(31-27-19)8-10-28(11-9-21)30-20(32)26-17-6-3-5-16(13-17)22(23,24)25/h2-7,12-14,27H,8-11H2,1H3,(H,26,32). The van der Waals surface area contributed by atoms with Crippen LogP contribution in [0.15, 0.2) is 54.6 Å². The fourth-order valence-electron chi connectivity index (χ4n) is 3.65. The van der Waals surface area contributed by atoms with Crippen molar-refractivity contribution in [1.82, 2.24) is 10.5 Å². The first kappa shape index (κ1) is 22.4. The van der Waals surface area contributed by atoms with Crippen LogP contribution in [0.2, 0.25) is 0 Å². The van der Waals surface area contributed by atoms with Gasteiger partial charge in [0.1, 0.15) is 11.4 Å². The maximum atomic E-state index is 12.9. The van der Waals surface area contributed by atoms with Crippen molar-refractivity contribution in [1.29, 1.82) is 0 Å². The lowest BCUT2D eigenvalue weighted by atomic mass is 9.91. The molecule has 2 aromatic rings. The zero-order valence-electron chi connectivity index (χ0n) is 17.2. The molecule has 2 heterocycles. The highest BCUT2D eigenvalue weighted by Gasteiger charge is 2.39. The molecule has 170 valence electrons. The molecule has 2 aromatic carbocycles. The molecule has 0 radical (unpaired) electrons. The van der Waals surface area contributed by atoms with Gasteiger partial charge in [0.05, 0.1) is 18.4 Å². The third-order valence-corrected chi connectivity index (χ3v) is 5.55. The fourth-order valence-corrected chi connectivity index (χ4v) is 3.87. The number of benzene rings is 2. The molecule has 0 atom stereocenters. The van der Waals surface area contributed by atoms with Crippen molar-refractivity contribution in [3.05, 3.63) is 65.7 Å². The Bertz CT molecular complexity index is 1020. The third-order valence-electron chi connectivity index (χ3n) is 5.37. The van der Waals surface area contributed by atoms with Crippen LogP contribution in [0, 0.1) is 0 Å². The van der Waals surface area contributed by atoms with E-state index in [0.29, 0.717) is 25.9 Å². The van der Waals surface area contributed by atoms with Crippen LogP contribution in [0.25, 0.3) is 5.70 Å². The normalized spacial score (nSPS) is 18.1. The van der Waals surface area contributed by atoms with Crippen LogP contribution in [0.1, 0.15) is 24.0 Å². The summed E-state index contributed by atoms with van der Waals surface area (Å²) in [5.74, 6) is 0.760. The molecule has 2 aliphatic heterocycles. The zero-order chi connectivity index (χ0) is 22.8. The number of hydrogen-bond acceptors (Lipinski definition) is 6. The van der Waals surface area contributed by atoms with Gasteiger partial charge in [-0.3, -0.25) is 10.3 Å². The second-order valence-corrected chi connectivity index (χ2v) is 7.94. The number of halogens is 3. The highest BCUT2D eigenvalue weighted by atomic mass is 32.1. The molecule has 0 amide bonds. The van der Waals surface area contributed by atoms with Crippen LogP contribution in [0.3, 0.4) is 0 Å². The molecule has 2 aliphatic rings. The van der Waals surface area contributed by atoms with E-state index in [1.54, 1.807) is 12.2 Å². The van der Waals surface area contributed by atoms with Crippen LogP contribution in [0.5, 0.6) is 5.75 Å². The molecule has 0 aliphatic carbocycles. The summed E-state index contributed by atoms with van der Waals surface area (Å²) in [6.45, 7) is 1.07. The molecule has 6 nitrogen and oxygen atoms in total. The van der Waals surface area contributed by atoms with Gasteiger partial charge < -0.3 is 14.9 Å². The van der Waals surface area contributed by atoms with E-state index < -0.39 is 17.3 Å². The van der Waals surface area contributed by atoms with Gasteiger partial charge in [-0.25, -0.2) is 0 Å². The van der Waals surface area contributed by atoms with E-state index in [1.807, 2.05) is 24.3 Å². The van der Waals surface area contributed by atoms with Gasteiger partial charge in [-0.15, -0.1) is 5.06 Å². The molecule has 32 heavy (non-hydrogen) atoms. The summed E-state index contributed by atoms with van der Waals surface area (Å²) < 4.78 is 43.9. The van der Waals surface area contributed by atoms with Crippen molar-refractivity contribution < 1.29 is 27.6 Å². The average molecular weight is 465 g/mol. The summed E-state index contributed by atoms with van der Waals surface area (Å²) in [5.41, 5.74) is 3.84. The summed E-state index contributed by atoms with van der Waals surface area (Å²) in [6.07, 6.45) is -1.05. The maximum Gasteiger partial charge on any atom is 0.416 e. The van der Waals surface area contributed by atoms with Gasteiger partial charge in [0.25, 0.3) is 5.17 Å². The molecular formula is C22H22F3N3O3S. The predicted octanol–water partition coefficient (Wildman–Crippen LogP) is 4.75. The number of hydrogen-bond donors (Lipinski definition) is 2. The first-order valence-electron chi connectivity index (χ1n) is 9.99. The first-order valence-corrected chi connectivity index (χ1v) is 10.4. The zero-order valence-corrected chi connectivity index (χ0v) is 18.1. The Morgan fingerprint density at radius 2 is 1.91 bits per heavy atom. The van der Waals surface area contributed by atoms with E-state index >= 15 is 0 Å². The van der Waals surface area contributed by atoms with Crippen molar-refractivity contribution in [2.24, 2.45) is 0 Å². The van der Waals surface area contributed by atoms with E-state index in [-0.39, 0.29) is 10.9 Å². The Kier molecular flexibility index (Phi) is 6.27. The second-order valence-electron chi connectivity index (χ2n) is 7.57. The number of nitrogens with one attached hydrogen (secondary N) is 2. The van der Waals surface area contributed by atoms with Gasteiger partial charge in [-0.05, 0) is 61.5 Å². The summed E-state index contributed by atoms with van der Waals surface area (Å²) >= 11 is 5.16. The van der Waals surface area contributed by atoms with E-state index in [4.69, 9.17) is 26.6 Å². The molecule has 0 bridgehead atoms. The molecule has 2 N–H and O–H groups in total. The van der Waals surface area contributed by atoms with Crippen molar-refractivity contribution in [3.8, 4) is 5.75 Å². The van der Waals surface area contributed by atoms with Gasteiger partial charge in [0, 0.05) is 24.3 Å².